The molecule has 2 aromatic carbocycles. The zero-order valence-corrected chi connectivity index (χ0v) is 13.1. The van der Waals surface area contributed by atoms with Crippen molar-refractivity contribution in [3.63, 3.8) is 0 Å². The lowest BCUT2D eigenvalue weighted by Crippen LogP contribution is -2.22. The van der Waals surface area contributed by atoms with Crippen LogP contribution in [0.15, 0.2) is 42.5 Å². The summed E-state index contributed by atoms with van der Waals surface area (Å²) in [6.07, 6.45) is 0. The first-order valence-electron chi connectivity index (χ1n) is 7.21. The van der Waals surface area contributed by atoms with Gasteiger partial charge >= 0.3 is 0 Å². The third kappa shape index (κ3) is 3.56. The fourth-order valence-electron chi connectivity index (χ4n) is 2.52. The Morgan fingerprint density at radius 3 is 2.48 bits per heavy atom. The van der Waals surface area contributed by atoms with Crippen molar-refractivity contribution >= 4 is 0 Å². The molecule has 112 valence electrons. The quantitative estimate of drug-likeness (QED) is 0.877. The maximum absolute atomic E-state index is 5.55. The summed E-state index contributed by atoms with van der Waals surface area (Å²) >= 11 is 0. The molecule has 0 fully saturated rings. The highest BCUT2D eigenvalue weighted by Gasteiger charge is 2.18. The van der Waals surface area contributed by atoms with Crippen molar-refractivity contribution in [2.24, 2.45) is 0 Å². The fourth-order valence-corrected chi connectivity index (χ4v) is 2.52. The molecule has 0 aromatic heterocycles. The first-order valence-corrected chi connectivity index (χ1v) is 7.21. The number of methoxy groups -OCH3 is 2. The van der Waals surface area contributed by atoms with Crippen LogP contribution in [0.25, 0.3) is 0 Å². The van der Waals surface area contributed by atoms with Crippen LogP contribution in [0.4, 0.5) is 0 Å². The molecule has 0 amide bonds. The second kappa shape index (κ2) is 7.14. The normalized spacial score (nSPS) is 12.0. The van der Waals surface area contributed by atoms with E-state index in [2.05, 4.69) is 49.5 Å². The summed E-state index contributed by atoms with van der Waals surface area (Å²) in [6, 6.07) is 14.6. The second-order valence-electron chi connectivity index (χ2n) is 5.01. The van der Waals surface area contributed by atoms with Gasteiger partial charge < -0.3 is 14.8 Å². The predicted octanol–water partition coefficient (Wildman–Crippen LogP) is 3.71. The largest absolute Gasteiger partial charge is 0.497 e. The van der Waals surface area contributed by atoms with Crippen LogP contribution in [0.1, 0.15) is 29.7 Å². The van der Waals surface area contributed by atoms with Crippen molar-refractivity contribution in [1.29, 1.82) is 0 Å². The van der Waals surface area contributed by atoms with E-state index in [1.54, 1.807) is 14.2 Å². The standard InChI is InChI=1S/C18H23NO2/c1-5-19-18(14-8-6-7-13(2)11-14)16-10-9-15(20-3)12-17(16)21-4/h6-12,18-19H,5H2,1-4H3. The minimum absolute atomic E-state index is 0.107. The molecular formula is C18H23NO2. The zero-order chi connectivity index (χ0) is 15.2. The average molecular weight is 285 g/mol. The number of ether oxygens (including phenoxy) is 2. The van der Waals surface area contributed by atoms with Gasteiger partial charge in [-0.3, -0.25) is 0 Å². The fraction of sp³-hybridized carbons (Fsp3) is 0.333. The van der Waals surface area contributed by atoms with Crippen LogP contribution in [-0.2, 0) is 0 Å². The first-order chi connectivity index (χ1) is 10.2. The van der Waals surface area contributed by atoms with Gasteiger partial charge in [-0.2, -0.15) is 0 Å². The van der Waals surface area contributed by atoms with Crippen molar-refractivity contribution in [1.82, 2.24) is 5.32 Å². The molecule has 0 saturated heterocycles. The Morgan fingerprint density at radius 1 is 1.05 bits per heavy atom. The highest BCUT2D eigenvalue weighted by molar-refractivity contribution is 5.46. The van der Waals surface area contributed by atoms with Crippen LogP contribution in [0, 0.1) is 6.92 Å². The van der Waals surface area contributed by atoms with Crippen molar-refractivity contribution in [2.75, 3.05) is 20.8 Å². The Hall–Kier alpha value is -2.00. The summed E-state index contributed by atoms with van der Waals surface area (Å²) < 4.78 is 10.8. The molecule has 0 radical (unpaired) electrons. The molecule has 0 aliphatic heterocycles. The average Bonchev–Trinajstić information content (AvgIpc) is 2.52. The van der Waals surface area contributed by atoms with Crippen molar-refractivity contribution in [2.45, 2.75) is 19.9 Å². The molecule has 0 heterocycles. The molecule has 2 aromatic rings. The Balaban J connectivity index is 2.47. The Morgan fingerprint density at radius 2 is 1.86 bits per heavy atom. The SMILES string of the molecule is CCNC(c1cccc(C)c1)c1ccc(OC)cc1OC. The lowest BCUT2D eigenvalue weighted by Gasteiger charge is -2.22. The van der Waals surface area contributed by atoms with E-state index < -0.39 is 0 Å². The number of rotatable bonds is 6. The van der Waals surface area contributed by atoms with Gasteiger partial charge in [-0.05, 0) is 31.2 Å². The van der Waals surface area contributed by atoms with Crippen LogP contribution in [0.5, 0.6) is 11.5 Å². The Labute approximate surface area is 126 Å². The number of nitrogens with one attached hydrogen (secondary N) is 1. The molecule has 0 aliphatic carbocycles. The van der Waals surface area contributed by atoms with Crippen molar-refractivity contribution in [3.8, 4) is 11.5 Å². The number of hydrogen-bond acceptors (Lipinski definition) is 3. The summed E-state index contributed by atoms with van der Waals surface area (Å²) in [6.45, 7) is 5.10. The third-order valence-electron chi connectivity index (χ3n) is 3.54. The molecule has 21 heavy (non-hydrogen) atoms. The zero-order valence-electron chi connectivity index (χ0n) is 13.1. The Kier molecular flexibility index (Phi) is 5.23. The van der Waals surface area contributed by atoms with Crippen LogP contribution in [0.2, 0.25) is 0 Å². The predicted molar refractivity (Wildman–Crippen MR) is 86.2 cm³/mol. The number of aryl methyl sites for hydroxylation is 1. The van der Waals surface area contributed by atoms with E-state index in [9.17, 15) is 0 Å². The van der Waals surface area contributed by atoms with E-state index in [0.29, 0.717) is 0 Å². The summed E-state index contributed by atoms with van der Waals surface area (Å²) in [5.41, 5.74) is 3.61. The van der Waals surface area contributed by atoms with Gasteiger partial charge in [0.15, 0.2) is 0 Å². The number of benzene rings is 2. The van der Waals surface area contributed by atoms with E-state index in [0.717, 1.165) is 23.6 Å². The summed E-state index contributed by atoms with van der Waals surface area (Å²) in [5.74, 6) is 1.64. The highest BCUT2D eigenvalue weighted by Crippen LogP contribution is 2.33. The van der Waals surface area contributed by atoms with Gasteiger partial charge in [-0.25, -0.2) is 0 Å². The lowest BCUT2D eigenvalue weighted by atomic mass is 9.96. The van der Waals surface area contributed by atoms with Crippen LogP contribution in [0.3, 0.4) is 0 Å². The van der Waals surface area contributed by atoms with Crippen LogP contribution >= 0.6 is 0 Å². The molecule has 2 rings (SSSR count). The molecular weight excluding hydrogens is 262 g/mol. The van der Waals surface area contributed by atoms with Crippen molar-refractivity contribution in [3.05, 3.63) is 59.2 Å². The minimum atomic E-state index is 0.107. The summed E-state index contributed by atoms with van der Waals surface area (Å²) in [5, 5.41) is 3.53. The minimum Gasteiger partial charge on any atom is -0.497 e. The number of hydrogen-bond donors (Lipinski definition) is 1. The van der Waals surface area contributed by atoms with Crippen LogP contribution < -0.4 is 14.8 Å². The van der Waals surface area contributed by atoms with E-state index in [1.807, 2.05) is 12.1 Å². The van der Waals surface area contributed by atoms with E-state index in [-0.39, 0.29) is 6.04 Å². The van der Waals surface area contributed by atoms with Gasteiger partial charge in [0, 0.05) is 11.6 Å². The van der Waals surface area contributed by atoms with E-state index in [1.165, 1.54) is 11.1 Å². The maximum Gasteiger partial charge on any atom is 0.127 e. The molecule has 0 spiro atoms. The molecule has 1 N–H and O–H groups in total. The molecule has 1 unspecified atom stereocenters. The van der Waals surface area contributed by atoms with Gasteiger partial charge in [0.1, 0.15) is 11.5 Å². The topological polar surface area (TPSA) is 30.5 Å². The third-order valence-corrected chi connectivity index (χ3v) is 3.54. The van der Waals surface area contributed by atoms with Gasteiger partial charge in [0.2, 0.25) is 0 Å². The van der Waals surface area contributed by atoms with Crippen molar-refractivity contribution < 1.29 is 9.47 Å². The van der Waals surface area contributed by atoms with E-state index in [4.69, 9.17) is 9.47 Å². The highest BCUT2D eigenvalue weighted by atomic mass is 16.5. The summed E-state index contributed by atoms with van der Waals surface area (Å²) in [7, 11) is 3.36. The van der Waals surface area contributed by atoms with Gasteiger partial charge in [0.25, 0.3) is 0 Å². The maximum atomic E-state index is 5.55. The smallest absolute Gasteiger partial charge is 0.127 e. The molecule has 1 atom stereocenters. The monoisotopic (exact) mass is 285 g/mol. The Bertz CT molecular complexity index is 596. The van der Waals surface area contributed by atoms with E-state index >= 15 is 0 Å². The van der Waals surface area contributed by atoms with Crippen LogP contribution in [-0.4, -0.2) is 20.8 Å². The molecule has 0 saturated carbocycles. The summed E-state index contributed by atoms with van der Waals surface area (Å²) in [4.78, 5) is 0. The second-order valence-corrected chi connectivity index (χ2v) is 5.01. The lowest BCUT2D eigenvalue weighted by molar-refractivity contribution is 0.387. The first kappa shape index (κ1) is 15.4. The molecule has 3 nitrogen and oxygen atoms in total. The molecule has 0 aliphatic rings. The van der Waals surface area contributed by atoms with Gasteiger partial charge in [-0.15, -0.1) is 0 Å². The molecule has 0 bridgehead atoms. The van der Waals surface area contributed by atoms with Gasteiger partial charge in [-0.1, -0.05) is 36.8 Å². The molecule has 3 heteroatoms. The van der Waals surface area contributed by atoms with Gasteiger partial charge in [0.05, 0.1) is 20.3 Å².